The molecule has 2 aromatic carbocycles. The van der Waals surface area contributed by atoms with E-state index in [-0.39, 0.29) is 0 Å². The first-order valence-electron chi connectivity index (χ1n) is 9.04. The molecule has 1 unspecified atom stereocenters. The van der Waals surface area contributed by atoms with Crippen molar-refractivity contribution in [1.82, 2.24) is 5.32 Å². The number of para-hydroxylation sites is 1. The first-order chi connectivity index (χ1) is 11.3. The number of fused-ring (bicyclic) bond motifs is 1. The molecule has 0 amide bonds. The van der Waals surface area contributed by atoms with Crippen molar-refractivity contribution in [3.05, 3.63) is 59.7 Å². The molecule has 1 fully saturated rings. The summed E-state index contributed by atoms with van der Waals surface area (Å²) in [5, 5.41) is 3.75. The highest BCUT2D eigenvalue weighted by Gasteiger charge is 2.29. The lowest BCUT2D eigenvalue weighted by molar-refractivity contribution is 0.453. The lowest BCUT2D eigenvalue weighted by Crippen LogP contribution is -2.30. The summed E-state index contributed by atoms with van der Waals surface area (Å²) in [6.45, 7) is 4.34. The molecule has 2 nitrogen and oxygen atoms in total. The van der Waals surface area contributed by atoms with Crippen molar-refractivity contribution >= 4 is 11.4 Å². The van der Waals surface area contributed by atoms with Crippen LogP contribution in [-0.4, -0.2) is 13.1 Å². The lowest BCUT2D eigenvalue weighted by atomic mass is 9.90. The molecule has 1 aliphatic heterocycles. The number of hydrogen-bond donors (Lipinski definition) is 1. The van der Waals surface area contributed by atoms with Gasteiger partial charge in [-0.2, -0.15) is 0 Å². The van der Waals surface area contributed by atoms with Crippen molar-refractivity contribution < 1.29 is 0 Å². The zero-order chi connectivity index (χ0) is 15.6. The van der Waals surface area contributed by atoms with Crippen molar-refractivity contribution in [3.8, 4) is 0 Å². The molecule has 1 saturated carbocycles. The molecule has 1 atom stereocenters. The highest BCUT2D eigenvalue weighted by atomic mass is 15.1. The van der Waals surface area contributed by atoms with Crippen LogP contribution in [0.2, 0.25) is 0 Å². The van der Waals surface area contributed by atoms with Gasteiger partial charge in [-0.3, -0.25) is 0 Å². The molecule has 0 bridgehead atoms. The van der Waals surface area contributed by atoms with Gasteiger partial charge < -0.3 is 10.2 Å². The minimum absolute atomic E-state index is 0.556. The van der Waals surface area contributed by atoms with E-state index >= 15 is 0 Å². The molecule has 0 aromatic heterocycles. The third-order valence-corrected chi connectivity index (χ3v) is 5.25. The predicted molar refractivity (Wildman–Crippen MR) is 97.4 cm³/mol. The molecule has 23 heavy (non-hydrogen) atoms. The van der Waals surface area contributed by atoms with E-state index in [9.17, 15) is 0 Å². The Hall–Kier alpha value is -1.80. The van der Waals surface area contributed by atoms with E-state index in [1.54, 1.807) is 5.56 Å². The summed E-state index contributed by atoms with van der Waals surface area (Å²) in [4.78, 5) is 2.41. The van der Waals surface area contributed by atoms with Crippen molar-refractivity contribution in [2.24, 2.45) is 5.92 Å². The fourth-order valence-electron chi connectivity index (χ4n) is 3.81. The molecule has 0 saturated heterocycles. The maximum atomic E-state index is 3.75. The maximum absolute atomic E-state index is 3.75. The molecule has 2 aromatic rings. The van der Waals surface area contributed by atoms with E-state index in [0.717, 1.165) is 25.4 Å². The molecule has 120 valence electrons. The van der Waals surface area contributed by atoms with Crippen LogP contribution in [0.4, 0.5) is 11.4 Å². The van der Waals surface area contributed by atoms with Crippen molar-refractivity contribution in [2.45, 2.75) is 38.6 Å². The molecule has 0 spiro atoms. The Morgan fingerprint density at radius 3 is 2.61 bits per heavy atom. The minimum Gasteiger partial charge on any atom is -0.342 e. The Morgan fingerprint density at radius 2 is 1.87 bits per heavy atom. The van der Waals surface area contributed by atoms with Crippen LogP contribution in [0.3, 0.4) is 0 Å². The molecular weight excluding hydrogens is 280 g/mol. The smallest absolute Gasteiger partial charge is 0.0414 e. The summed E-state index contributed by atoms with van der Waals surface area (Å²) in [7, 11) is 0. The fraction of sp³-hybridized carbons (Fsp3) is 0.429. The van der Waals surface area contributed by atoms with E-state index < -0.39 is 0 Å². The summed E-state index contributed by atoms with van der Waals surface area (Å²) in [6.07, 6.45) is 5.33. The molecule has 2 aliphatic rings. The quantitative estimate of drug-likeness (QED) is 0.851. The zero-order valence-electron chi connectivity index (χ0n) is 14.0. The topological polar surface area (TPSA) is 15.3 Å². The van der Waals surface area contributed by atoms with Crippen LogP contribution in [0.5, 0.6) is 0 Å². The second-order valence-corrected chi connectivity index (χ2v) is 6.90. The molecule has 1 heterocycles. The molecule has 0 radical (unpaired) electrons. The Balaban J connectivity index is 1.66. The average molecular weight is 306 g/mol. The normalized spacial score (nSPS) is 20.1. The van der Waals surface area contributed by atoms with Crippen molar-refractivity contribution in [3.63, 3.8) is 0 Å². The van der Waals surface area contributed by atoms with E-state index in [1.807, 2.05) is 0 Å². The minimum atomic E-state index is 0.556. The number of hydrogen-bond acceptors (Lipinski definition) is 2. The summed E-state index contributed by atoms with van der Waals surface area (Å²) in [5.74, 6) is 0.957. The molecule has 2 heteroatoms. The number of nitrogens with one attached hydrogen (secondary N) is 1. The van der Waals surface area contributed by atoms with Gasteiger partial charge in [0.15, 0.2) is 0 Å². The first kappa shape index (κ1) is 14.8. The monoisotopic (exact) mass is 306 g/mol. The molecular formula is C21H26N2. The van der Waals surface area contributed by atoms with Gasteiger partial charge in [-0.05, 0) is 67.6 Å². The number of anilines is 2. The van der Waals surface area contributed by atoms with Gasteiger partial charge in [0, 0.05) is 24.0 Å². The van der Waals surface area contributed by atoms with Crippen LogP contribution in [0.1, 0.15) is 43.4 Å². The summed E-state index contributed by atoms with van der Waals surface area (Å²) in [5.41, 5.74) is 5.68. The summed E-state index contributed by atoms with van der Waals surface area (Å²) >= 11 is 0. The van der Waals surface area contributed by atoms with Crippen LogP contribution in [-0.2, 0) is 6.42 Å². The van der Waals surface area contributed by atoms with Gasteiger partial charge in [-0.25, -0.2) is 0 Å². The highest BCUT2D eigenvalue weighted by Crippen LogP contribution is 2.40. The van der Waals surface area contributed by atoms with Gasteiger partial charge >= 0.3 is 0 Å². The van der Waals surface area contributed by atoms with Crippen molar-refractivity contribution in [2.75, 3.05) is 18.0 Å². The Kier molecular flexibility index (Phi) is 4.09. The average Bonchev–Trinajstić information content (AvgIpc) is 3.41. The number of nitrogens with zero attached hydrogens (tertiary/aromatic N) is 1. The SMILES string of the molecule is CCN(c1ccccc1)c1ccc2c(c1)C(CC1CC1)NCC2. The maximum Gasteiger partial charge on any atom is 0.0414 e. The largest absolute Gasteiger partial charge is 0.342 e. The Labute approximate surface area is 139 Å². The second kappa shape index (κ2) is 6.37. The van der Waals surface area contributed by atoms with Gasteiger partial charge in [-0.1, -0.05) is 37.1 Å². The molecule has 1 N–H and O–H groups in total. The Bertz CT molecular complexity index is 661. The molecule has 1 aliphatic carbocycles. The van der Waals surface area contributed by atoms with Crippen molar-refractivity contribution in [1.29, 1.82) is 0 Å². The fourth-order valence-corrected chi connectivity index (χ4v) is 3.81. The van der Waals surface area contributed by atoms with Gasteiger partial charge in [-0.15, -0.1) is 0 Å². The molecule has 4 rings (SSSR count). The van der Waals surface area contributed by atoms with E-state index in [4.69, 9.17) is 0 Å². The standard InChI is InChI=1S/C21H26N2/c1-2-23(18-6-4-3-5-7-18)19-11-10-17-12-13-22-21(20(17)15-19)14-16-8-9-16/h3-7,10-11,15-16,21-22H,2,8-9,12-14H2,1H3. The number of rotatable bonds is 5. The lowest BCUT2D eigenvalue weighted by Gasteiger charge is -2.30. The van der Waals surface area contributed by atoms with Crippen LogP contribution in [0.15, 0.2) is 48.5 Å². The van der Waals surface area contributed by atoms with E-state index in [2.05, 4.69) is 65.7 Å². The van der Waals surface area contributed by atoms with Gasteiger partial charge in [0.05, 0.1) is 0 Å². The second-order valence-electron chi connectivity index (χ2n) is 6.90. The van der Waals surface area contributed by atoms with E-state index in [1.165, 1.54) is 36.2 Å². The van der Waals surface area contributed by atoms with Crippen LogP contribution in [0, 0.1) is 5.92 Å². The van der Waals surface area contributed by atoms with Gasteiger partial charge in [0.25, 0.3) is 0 Å². The first-order valence-corrected chi connectivity index (χ1v) is 9.04. The summed E-state index contributed by atoms with van der Waals surface area (Å²) < 4.78 is 0. The van der Waals surface area contributed by atoms with Crippen LogP contribution >= 0.6 is 0 Å². The van der Waals surface area contributed by atoms with Crippen LogP contribution < -0.4 is 10.2 Å². The van der Waals surface area contributed by atoms with Gasteiger partial charge in [0.2, 0.25) is 0 Å². The Morgan fingerprint density at radius 1 is 1.04 bits per heavy atom. The number of benzene rings is 2. The zero-order valence-corrected chi connectivity index (χ0v) is 14.0. The van der Waals surface area contributed by atoms with E-state index in [0.29, 0.717) is 6.04 Å². The third-order valence-electron chi connectivity index (χ3n) is 5.25. The predicted octanol–water partition coefficient (Wildman–Crippen LogP) is 4.83. The highest BCUT2D eigenvalue weighted by molar-refractivity contribution is 5.64. The van der Waals surface area contributed by atoms with Crippen LogP contribution in [0.25, 0.3) is 0 Å². The summed E-state index contributed by atoms with van der Waals surface area (Å²) in [6, 6.07) is 18.4. The third kappa shape index (κ3) is 3.13. The van der Waals surface area contributed by atoms with Gasteiger partial charge in [0.1, 0.15) is 0 Å².